The highest BCUT2D eigenvalue weighted by atomic mass is 127. The first kappa shape index (κ1) is 25.8. The minimum Gasteiger partial charge on any atom is -0.379 e. The first-order valence-electron chi connectivity index (χ1n) is 10.5. The normalized spacial score (nSPS) is 15.9. The Morgan fingerprint density at radius 2 is 2.06 bits per heavy atom. The zero-order chi connectivity index (χ0) is 21.3. The highest BCUT2D eigenvalue weighted by Crippen LogP contribution is 2.17. The Hall–Kier alpha value is -1.43. The van der Waals surface area contributed by atoms with Crippen LogP contribution in [0.5, 0.6) is 0 Å². The van der Waals surface area contributed by atoms with Gasteiger partial charge in [0, 0.05) is 31.7 Å². The number of hydrogen-bond donors (Lipinski definition) is 2. The van der Waals surface area contributed by atoms with E-state index >= 15 is 0 Å². The van der Waals surface area contributed by atoms with Gasteiger partial charge in [-0.05, 0) is 44.5 Å². The van der Waals surface area contributed by atoms with Crippen LogP contribution in [0.25, 0.3) is 0 Å². The number of nitrogens with zero attached hydrogens (tertiary/aromatic N) is 5. The predicted molar refractivity (Wildman–Crippen MR) is 135 cm³/mol. The molecule has 0 spiro atoms. The molecule has 0 saturated carbocycles. The second-order valence-electron chi connectivity index (χ2n) is 7.54. The topological polar surface area (TPSA) is 79.6 Å². The summed E-state index contributed by atoms with van der Waals surface area (Å²) >= 11 is 6.16. The Bertz CT molecular complexity index is 839. The highest BCUT2D eigenvalue weighted by Gasteiger charge is 2.12. The molecule has 0 bridgehead atoms. The van der Waals surface area contributed by atoms with Gasteiger partial charge in [-0.25, -0.2) is 4.99 Å². The van der Waals surface area contributed by atoms with Crippen LogP contribution in [0.1, 0.15) is 36.6 Å². The van der Waals surface area contributed by atoms with Gasteiger partial charge in [-0.1, -0.05) is 23.7 Å². The monoisotopic (exact) mass is 561 g/mol. The summed E-state index contributed by atoms with van der Waals surface area (Å²) in [6.07, 6.45) is 1.04. The average molecular weight is 562 g/mol. The van der Waals surface area contributed by atoms with E-state index in [1.807, 2.05) is 36.7 Å². The number of aromatic nitrogens is 3. The number of aliphatic imine (C=N–C) groups is 1. The molecule has 1 aliphatic rings. The number of ether oxygens (including phenoxy) is 1. The van der Waals surface area contributed by atoms with Crippen molar-refractivity contribution >= 4 is 41.5 Å². The molecule has 8 nitrogen and oxygen atoms in total. The minimum atomic E-state index is 0. The van der Waals surface area contributed by atoms with Gasteiger partial charge in [0.25, 0.3) is 0 Å². The van der Waals surface area contributed by atoms with Crippen molar-refractivity contribution in [1.82, 2.24) is 30.3 Å². The van der Waals surface area contributed by atoms with Crippen molar-refractivity contribution in [2.75, 3.05) is 39.4 Å². The maximum absolute atomic E-state index is 6.16. The number of rotatable bonds is 8. The fourth-order valence-corrected chi connectivity index (χ4v) is 3.49. The summed E-state index contributed by atoms with van der Waals surface area (Å²) in [4.78, 5) is 7.18. The molecule has 1 aromatic carbocycles. The van der Waals surface area contributed by atoms with E-state index in [4.69, 9.17) is 21.3 Å². The van der Waals surface area contributed by atoms with E-state index in [2.05, 4.69) is 38.7 Å². The number of nitrogens with one attached hydrogen (secondary N) is 2. The molecular weight excluding hydrogens is 529 g/mol. The summed E-state index contributed by atoms with van der Waals surface area (Å²) in [6, 6.07) is 7.94. The predicted octanol–water partition coefficient (Wildman–Crippen LogP) is 2.91. The molecule has 2 aromatic rings. The van der Waals surface area contributed by atoms with E-state index in [9.17, 15) is 0 Å². The second-order valence-corrected chi connectivity index (χ2v) is 7.98. The third-order valence-electron chi connectivity index (χ3n) is 5.31. The lowest BCUT2D eigenvalue weighted by Gasteiger charge is -2.26. The van der Waals surface area contributed by atoms with Crippen molar-refractivity contribution in [3.05, 3.63) is 46.5 Å². The zero-order valence-corrected chi connectivity index (χ0v) is 21.6. The first-order chi connectivity index (χ1) is 14.5. The molecule has 10 heteroatoms. The Morgan fingerprint density at radius 3 is 2.74 bits per heavy atom. The molecule has 1 unspecified atom stereocenters. The van der Waals surface area contributed by atoms with Crippen LogP contribution in [0.3, 0.4) is 0 Å². The Labute approximate surface area is 206 Å². The van der Waals surface area contributed by atoms with Gasteiger partial charge in [0.2, 0.25) is 0 Å². The molecular formula is C21H33ClIN7O. The third-order valence-corrected chi connectivity index (χ3v) is 5.55. The summed E-state index contributed by atoms with van der Waals surface area (Å²) in [5, 5.41) is 16.0. The summed E-state index contributed by atoms with van der Waals surface area (Å²) in [7, 11) is 1.96. The lowest BCUT2D eigenvalue weighted by Crippen LogP contribution is -2.41. The maximum Gasteiger partial charge on any atom is 0.192 e. The number of halogens is 2. The molecule has 1 aromatic heterocycles. The maximum atomic E-state index is 6.16. The van der Waals surface area contributed by atoms with Crippen molar-refractivity contribution in [2.45, 2.75) is 32.9 Å². The smallest absolute Gasteiger partial charge is 0.192 e. The molecule has 0 amide bonds. The van der Waals surface area contributed by atoms with Gasteiger partial charge in [-0.2, -0.15) is 0 Å². The minimum absolute atomic E-state index is 0. The van der Waals surface area contributed by atoms with Gasteiger partial charge in [0.15, 0.2) is 11.8 Å². The van der Waals surface area contributed by atoms with Gasteiger partial charge in [0.05, 0.1) is 19.3 Å². The number of aryl methyl sites for hydroxylation is 1. The van der Waals surface area contributed by atoms with Crippen LogP contribution < -0.4 is 10.6 Å². The summed E-state index contributed by atoms with van der Waals surface area (Å²) in [6.45, 7) is 10.1. The zero-order valence-electron chi connectivity index (χ0n) is 18.5. The van der Waals surface area contributed by atoms with E-state index in [1.165, 1.54) is 0 Å². The summed E-state index contributed by atoms with van der Waals surface area (Å²) in [5.74, 6) is 2.46. The van der Waals surface area contributed by atoms with E-state index in [-0.39, 0.29) is 30.0 Å². The second kappa shape index (κ2) is 13.2. The van der Waals surface area contributed by atoms with Crippen molar-refractivity contribution < 1.29 is 4.74 Å². The summed E-state index contributed by atoms with van der Waals surface area (Å²) < 4.78 is 7.37. The van der Waals surface area contributed by atoms with Gasteiger partial charge in [-0.3, -0.25) is 4.90 Å². The standard InChI is InChI=1S/C21H32ClN7O.HI/c1-16(18-6-4-7-19(22)14-18)25-21(24-15-20-27-26-17(2)28(20)3)23-8-5-9-29-10-12-30-13-11-29;/h4,6-7,14,16H,5,8-13,15H2,1-3H3,(H2,23,24,25);1H. The van der Waals surface area contributed by atoms with Gasteiger partial charge in [-0.15, -0.1) is 34.2 Å². The van der Waals surface area contributed by atoms with Crippen molar-refractivity contribution in [1.29, 1.82) is 0 Å². The highest BCUT2D eigenvalue weighted by molar-refractivity contribution is 14.0. The van der Waals surface area contributed by atoms with Crippen LogP contribution in [0.2, 0.25) is 5.02 Å². The Morgan fingerprint density at radius 1 is 1.29 bits per heavy atom. The molecule has 1 fully saturated rings. The van der Waals surface area contributed by atoms with Crippen LogP contribution in [0.4, 0.5) is 0 Å². The van der Waals surface area contributed by atoms with Crippen LogP contribution in [-0.4, -0.2) is 65.0 Å². The molecule has 2 heterocycles. The quantitative estimate of drug-likeness (QED) is 0.223. The van der Waals surface area contributed by atoms with Gasteiger partial charge >= 0.3 is 0 Å². The fourth-order valence-electron chi connectivity index (χ4n) is 3.29. The van der Waals surface area contributed by atoms with Gasteiger partial charge < -0.3 is 19.9 Å². The number of benzene rings is 1. The van der Waals surface area contributed by atoms with Crippen LogP contribution in [0.15, 0.2) is 29.3 Å². The van der Waals surface area contributed by atoms with E-state index in [0.29, 0.717) is 6.54 Å². The van der Waals surface area contributed by atoms with E-state index in [1.54, 1.807) is 0 Å². The molecule has 0 radical (unpaired) electrons. The molecule has 0 aliphatic carbocycles. The van der Waals surface area contributed by atoms with Crippen molar-refractivity contribution in [3.63, 3.8) is 0 Å². The number of hydrogen-bond acceptors (Lipinski definition) is 5. The molecule has 3 rings (SSSR count). The molecule has 1 atom stereocenters. The fraction of sp³-hybridized carbons (Fsp3) is 0.571. The summed E-state index contributed by atoms with van der Waals surface area (Å²) in [5.41, 5.74) is 1.11. The first-order valence-corrected chi connectivity index (χ1v) is 10.9. The third kappa shape index (κ3) is 8.21. The molecule has 31 heavy (non-hydrogen) atoms. The molecule has 2 N–H and O–H groups in total. The molecule has 1 aliphatic heterocycles. The van der Waals surface area contributed by atoms with Crippen LogP contribution >= 0.6 is 35.6 Å². The molecule has 172 valence electrons. The molecule has 1 saturated heterocycles. The van der Waals surface area contributed by atoms with Crippen molar-refractivity contribution in [2.24, 2.45) is 12.0 Å². The van der Waals surface area contributed by atoms with Crippen molar-refractivity contribution in [3.8, 4) is 0 Å². The lowest BCUT2D eigenvalue weighted by molar-refractivity contribution is 0.0376. The Kier molecular flexibility index (Phi) is 11.0. The van der Waals surface area contributed by atoms with Crippen LogP contribution in [-0.2, 0) is 18.3 Å². The van der Waals surface area contributed by atoms with Crippen LogP contribution in [0, 0.1) is 6.92 Å². The number of guanidine groups is 1. The SMILES string of the molecule is Cc1nnc(CN=C(NCCCN2CCOCC2)NC(C)c2cccc(Cl)c2)n1C.I. The number of morpholine rings is 1. The van der Waals surface area contributed by atoms with E-state index in [0.717, 1.165) is 74.0 Å². The Balaban J connectivity index is 0.00000341. The lowest BCUT2D eigenvalue weighted by atomic mass is 10.1. The van der Waals surface area contributed by atoms with Gasteiger partial charge in [0.1, 0.15) is 12.4 Å². The largest absolute Gasteiger partial charge is 0.379 e. The average Bonchev–Trinajstić information content (AvgIpc) is 3.07. The van der Waals surface area contributed by atoms with E-state index < -0.39 is 0 Å².